The number of piperazine rings is 1. The Balaban J connectivity index is 1.36. The molecule has 2 aromatic carbocycles. The summed E-state index contributed by atoms with van der Waals surface area (Å²) in [5, 5.41) is 0.431. The number of amides is 1. The second-order valence-corrected chi connectivity index (χ2v) is 9.22. The van der Waals surface area contributed by atoms with E-state index in [-0.39, 0.29) is 16.2 Å². The number of rotatable bonds is 6. The van der Waals surface area contributed by atoms with E-state index in [0.29, 0.717) is 48.9 Å². The first-order valence-electron chi connectivity index (χ1n) is 11.7. The highest BCUT2D eigenvalue weighted by Gasteiger charge is 2.22. The first kappa shape index (κ1) is 24.7. The minimum Gasteiger partial charge on any atom is -0.465 e. The van der Waals surface area contributed by atoms with E-state index >= 15 is 0 Å². The van der Waals surface area contributed by atoms with Gasteiger partial charge in [-0.1, -0.05) is 12.1 Å². The van der Waals surface area contributed by atoms with Crippen molar-refractivity contribution in [2.24, 2.45) is 0 Å². The Hall–Kier alpha value is -3.46. The second kappa shape index (κ2) is 10.4. The molecule has 1 aliphatic heterocycles. The van der Waals surface area contributed by atoms with Crippen molar-refractivity contribution < 1.29 is 14.3 Å². The molecule has 1 amide bonds. The minimum atomic E-state index is -0.483. The summed E-state index contributed by atoms with van der Waals surface area (Å²) < 4.78 is 6.47. The van der Waals surface area contributed by atoms with Gasteiger partial charge in [-0.2, -0.15) is 0 Å². The Labute approximate surface area is 209 Å². The van der Waals surface area contributed by atoms with Gasteiger partial charge in [0.05, 0.1) is 23.6 Å². The van der Waals surface area contributed by atoms with Crippen LogP contribution in [0.25, 0.3) is 10.9 Å². The third-order valence-corrected chi connectivity index (χ3v) is 7.05. The number of carbonyl (C=O) groups excluding carboxylic acids is 2. The van der Waals surface area contributed by atoms with Crippen LogP contribution in [0.1, 0.15) is 34.3 Å². The lowest BCUT2D eigenvalue weighted by Gasteiger charge is -2.37. The lowest BCUT2D eigenvalue weighted by atomic mass is 10.1. The lowest BCUT2D eigenvalue weighted by molar-refractivity contribution is -0.131. The number of aromatic nitrogens is 2. The van der Waals surface area contributed by atoms with Gasteiger partial charge in [0.1, 0.15) is 0 Å². The molecule has 35 heavy (non-hydrogen) atoms. The molecule has 4 rings (SSSR count). The van der Waals surface area contributed by atoms with Crippen LogP contribution < -0.4 is 10.5 Å². The fourth-order valence-corrected chi connectivity index (χ4v) is 4.81. The number of fused-ring (bicyclic) bond motifs is 1. The van der Waals surface area contributed by atoms with Gasteiger partial charge in [-0.05, 0) is 67.9 Å². The van der Waals surface area contributed by atoms with Crippen molar-refractivity contribution in [1.82, 2.24) is 14.5 Å². The number of ether oxygens (including phenoxy) is 1. The normalized spacial score (nSPS) is 13.8. The predicted molar refractivity (Wildman–Crippen MR) is 139 cm³/mol. The van der Waals surface area contributed by atoms with Gasteiger partial charge in [0.15, 0.2) is 4.77 Å². The van der Waals surface area contributed by atoms with Crippen LogP contribution in [-0.4, -0.2) is 59.6 Å². The highest BCUT2D eigenvalue weighted by molar-refractivity contribution is 7.71. The smallest absolute Gasteiger partial charge is 0.337 e. The molecule has 1 N–H and O–H groups in total. The number of H-pyrrole nitrogens is 1. The number of methoxy groups -OCH3 is 1. The van der Waals surface area contributed by atoms with E-state index in [0.717, 1.165) is 13.1 Å². The van der Waals surface area contributed by atoms with E-state index in [4.69, 9.17) is 17.0 Å². The maximum absolute atomic E-state index is 13.0. The molecular weight excluding hydrogens is 464 g/mol. The number of anilines is 1. The summed E-state index contributed by atoms with van der Waals surface area (Å²) in [7, 11) is 1.30. The molecule has 0 aliphatic carbocycles. The van der Waals surface area contributed by atoms with Crippen molar-refractivity contribution in [3.8, 4) is 0 Å². The molecule has 0 saturated carbocycles. The molecule has 0 spiro atoms. The van der Waals surface area contributed by atoms with Crippen LogP contribution >= 0.6 is 12.2 Å². The lowest BCUT2D eigenvalue weighted by Crippen LogP contribution is -2.49. The standard InChI is InChI=1S/C26H30N4O4S/c1-17-6-4-7-22(18(17)2)28-12-14-29(15-13-28)23(31)8-5-11-30-24(32)20-10-9-19(25(33)34-3)16-21(20)27-26(30)35/h4,6-7,9-10,16H,5,8,11-15H2,1-3H3,(H,27,35). The maximum Gasteiger partial charge on any atom is 0.337 e. The summed E-state index contributed by atoms with van der Waals surface area (Å²) in [5.74, 6) is -0.388. The number of aryl methyl sites for hydroxylation is 1. The molecule has 0 radical (unpaired) electrons. The monoisotopic (exact) mass is 494 g/mol. The highest BCUT2D eigenvalue weighted by atomic mass is 32.1. The van der Waals surface area contributed by atoms with Crippen molar-refractivity contribution >= 4 is 40.7 Å². The third kappa shape index (κ3) is 5.14. The van der Waals surface area contributed by atoms with Gasteiger partial charge in [0.2, 0.25) is 5.91 Å². The quantitative estimate of drug-likeness (QED) is 0.416. The Morgan fingerprint density at radius 2 is 1.83 bits per heavy atom. The van der Waals surface area contributed by atoms with Crippen molar-refractivity contribution in [3.05, 3.63) is 68.2 Å². The van der Waals surface area contributed by atoms with E-state index in [1.165, 1.54) is 28.5 Å². The van der Waals surface area contributed by atoms with Gasteiger partial charge >= 0.3 is 5.97 Å². The summed E-state index contributed by atoms with van der Waals surface area (Å²) in [6, 6.07) is 11.0. The number of hydrogen-bond acceptors (Lipinski definition) is 6. The number of carbonyl (C=O) groups is 2. The minimum absolute atomic E-state index is 0.0945. The first-order valence-corrected chi connectivity index (χ1v) is 12.1. The fraction of sp³-hybridized carbons (Fsp3) is 0.385. The Morgan fingerprint density at radius 3 is 2.54 bits per heavy atom. The number of nitrogens with zero attached hydrogens (tertiary/aromatic N) is 3. The van der Waals surface area contributed by atoms with Gasteiger partial charge in [-0.3, -0.25) is 14.2 Å². The van der Waals surface area contributed by atoms with E-state index in [1.807, 2.05) is 4.90 Å². The molecule has 0 unspecified atom stereocenters. The Morgan fingerprint density at radius 1 is 1.09 bits per heavy atom. The molecule has 3 aromatic rings. The Bertz CT molecular complexity index is 1390. The zero-order valence-electron chi connectivity index (χ0n) is 20.3. The largest absolute Gasteiger partial charge is 0.465 e. The van der Waals surface area contributed by atoms with Crippen LogP contribution in [0.5, 0.6) is 0 Å². The van der Waals surface area contributed by atoms with E-state index in [1.54, 1.807) is 18.2 Å². The Kier molecular flexibility index (Phi) is 7.35. The molecule has 1 fully saturated rings. The van der Waals surface area contributed by atoms with Crippen LogP contribution in [0.3, 0.4) is 0 Å². The molecule has 184 valence electrons. The number of hydrogen-bond donors (Lipinski definition) is 1. The summed E-state index contributed by atoms with van der Waals surface area (Å²) in [5.41, 5.74) is 4.37. The number of nitrogens with one attached hydrogen (secondary N) is 1. The van der Waals surface area contributed by atoms with Crippen molar-refractivity contribution in [2.75, 3.05) is 38.2 Å². The van der Waals surface area contributed by atoms with Crippen LogP contribution in [0.15, 0.2) is 41.2 Å². The summed E-state index contributed by atoms with van der Waals surface area (Å²) >= 11 is 5.38. The van der Waals surface area contributed by atoms with Gasteiger partial charge in [0.25, 0.3) is 5.56 Å². The molecule has 9 heteroatoms. The highest BCUT2D eigenvalue weighted by Crippen LogP contribution is 2.24. The fourth-order valence-electron chi connectivity index (χ4n) is 4.52. The summed E-state index contributed by atoms with van der Waals surface area (Å²) in [6.45, 7) is 7.58. The summed E-state index contributed by atoms with van der Waals surface area (Å²) in [4.78, 5) is 44.8. The number of aromatic amines is 1. The molecule has 1 aromatic heterocycles. The van der Waals surface area contributed by atoms with Gasteiger partial charge < -0.3 is 19.5 Å². The van der Waals surface area contributed by atoms with E-state index < -0.39 is 5.97 Å². The number of benzene rings is 2. The molecule has 0 atom stereocenters. The maximum atomic E-state index is 13.0. The molecule has 1 saturated heterocycles. The zero-order chi connectivity index (χ0) is 25.1. The average Bonchev–Trinajstić information content (AvgIpc) is 2.86. The van der Waals surface area contributed by atoms with Gasteiger partial charge in [-0.25, -0.2) is 4.79 Å². The molecular formula is C26H30N4O4S. The van der Waals surface area contributed by atoms with Crippen LogP contribution in [0, 0.1) is 18.6 Å². The number of esters is 1. The van der Waals surface area contributed by atoms with Crippen LogP contribution in [0.2, 0.25) is 0 Å². The summed E-state index contributed by atoms with van der Waals surface area (Å²) in [6.07, 6.45) is 0.864. The van der Waals surface area contributed by atoms with Crippen molar-refractivity contribution in [2.45, 2.75) is 33.2 Å². The van der Waals surface area contributed by atoms with Crippen LogP contribution in [0.4, 0.5) is 5.69 Å². The van der Waals surface area contributed by atoms with Crippen molar-refractivity contribution in [3.63, 3.8) is 0 Å². The SMILES string of the molecule is COC(=O)c1ccc2c(=O)n(CCCC(=O)N3CCN(c4cccc(C)c4C)CC3)c(=S)[nH]c2c1. The zero-order valence-corrected chi connectivity index (χ0v) is 21.1. The van der Waals surface area contributed by atoms with Crippen LogP contribution in [-0.2, 0) is 16.1 Å². The third-order valence-electron chi connectivity index (χ3n) is 6.72. The molecule has 8 nitrogen and oxygen atoms in total. The van der Waals surface area contributed by atoms with E-state index in [2.05, 4.69) is 41.9 Å². The van der Waals surface area contributed by atoms with Crippen molar-refractivity contribution in [1.29, 1.82) is 0 Å². The first-order chi connectivity index (χ1) is 16.8. The van der Waals surface area contributed by atoms with Gasteiger partial charge in [0, 0.05) is 44.8 Å². The van der Waals surface area contributed by atoms with Gasteiger partial charge in [-0.15, -0.1) is 0 Å². The molecule has 2 heterocycles. The average molecular weight is 495 g/mol. The topological polar surface area (TPSA) is 87.6 Å². The molecule has 0 bridgehead atoms. The molecule has 1 aliphatic rings. The second-order valence-electron chi connectivity index (χ2n) is 8.83. The van der Waals surface area contributed by atoms with E-state index in [9.17, 15) is 14.4 Å². The predicted octanol–water partition coefficient (Wildman–Crippen LogP) is 3.59.